The molecular formula is C11H20N3OP. The summed E-state index contributed by atoms with van der Waals surface area (Å²) in [4.78, 5) is 0. The number of anilines is 1. The van der Waals surface area contributed by atoms with Gasteiger partial charge in [-0.2, -0.15) is 0 Å². The second kappa shape index (κ2) is 4.58. The molecule has 90 valence electrons. The highest BCUT2D eigenvalue weighted by Gasteiger charge is 2.26. The van der Waals surface area contributed by atoms with E-state index in [-0.39, 0.29) is 5.41 Å². The average Bonchev–Trinajstić information content (AvgIpc) is 2.13. The summed E-state index contributed by atoms with van der Waals surface area (Å²) in [5.74, 6) is 0. The first kappa shape index (κ1) is 13.2. The van der Waals surface area contributed by atoms with Crippen LogP contribution in [0.15, 0.2) is 30.3 Å². The number of nitrogens with two attached hydrogens (primary N) is 2. The van der Waals surface area contributed by atoms with Crippen LogP contribution in [0, 0.1) is 5.41 Å². The number of nitrogens with zero attached hydrogens (tertiary/aromatic N) is 1. The molecule has 0 atom stereocenters. The van der Waals surface area contributed by atoms with Crippen molar-refractivity contribution in [2.45, 2.75) is 20.8 Å². The number of rotatable bonds is 3. The molecule has 0 fully saturated rings. The van der Waals surface area contributed by atoms with Gasteiger partial charge in [-0.05, 0) is 17.5 Å². The Balaban J connectivity index is 3.03. The SMILES string of the molecule is CC(C)(C)CN(c1ccccc1)P(N)(N)=O. The van der Waals surface area contributed by atoms with Crippen molar-refractivity contribution >= 4 is 13.3 Å². The molecule has 1 rings (SSSR count). The van der Waals surface area contributed by atoms with E-state index in [4.69, 9.17) is 11.0 Å². The van der Waals surface area contributed by atoms with E-state index in [1.165, 1.54) is 0 Å². The van der Waals surface area contributed by atoms with E-state index in [0.29, 0.717) is 6.54 Å². The van der Waals surface area contributed by atoms with Crippen LogP contribution in [-0.4, -0.2) is 6.54 Å². The zero-order chi connectivity index (χ0) is 12.4. The molecule has 0 bridgehead atoms. The lowest BCUT2D eigenvalue weighted by atomic mass is 9.97. The molecule has 1 aromatic rings. The van der Waals surface area contributed by atoms with Gasteiger partial charge in [-0.25, -0.2) is 0 Å². The van der Waals surface area contributed by atoms with Crippen molar-refractivity contribution in [2.24, 2.45) is 16.4 Å². The Labute approximate surface area is 97.2 Å². The summed E-state index contributed by atoms with van der Waals surface area (Å²) >= 11 is 0. The van der Waals surface area contributed by atoms with Crippen molar-refractivity contribution in [3.63, 3.8) is 0 Å². The van der Waals surface area contributed by atoms with E-state index in [9.17, 15) is 4.57 Å². The number of hydrogen-bond acceptors (Lipinski definition) is 1. The molecule has 0 radical (unpaired) electrons. The van der Waals surface area contributed by atoms with Crippen LogP contribution >= 0.6 is 7.59 Å². The Morgan fingerprint density at radius 1 is 1.19 bits per heavy atom. The predicted octanol–water partition coefficient (Wildman–Crippen LogP) is 2.56. The van der Waals surface area contributed by atoms with E-state index in [2.05, 4.69) is 20.8 Å². The van der Waals surface area contributed by atoms with Gasteiger partial charge in [0.05, 0.1) is 0 Å². The first-order valence-corrected chi connectivity index (χ1v) is 7.00. The topological polar surface area (TPSA) is 72.3 Å². The second-order valence-corrected chi connectivity index (χ2v) is 6.95. The van der Waals surface area contributed by atoms with Gasteiger partial charge in [0, 0.05) is 12.2 Å². The number of para-hydroxylation sites is 1. The van der Waals surface area contributed by atoms with Gasteiger partial charge in [0.15, 0.2) is 0 Å². The van der Waals surface area contributed by atoms with Gasteiger partial charge >= 0.3 is 7.59 Å². The Hall–Kier alpha value is -0.830. The predicted molar refractivity (Wildman–Crippen MR) is 69.2 cm³/mol. The molecule has 0 spiro atoms. The van der Waals surface area contributed by atoms with Crippen LogP contribution in [0.2, 0.25) is 0 Å². The Bertz CT molecular complexity index is 380. The molecule has 0 saturated heterocycles. The van der Waals surface area contributed by atoms with Crippen LogP contribution in [0.4, 0.5) is 5.69 Å². The van der Waals surface area contributed by atoms with Gasteiger partial charge in [-0.15, -0.1) is 0 Å². The molecule has 0 heterocycles. The summed E-state index contributed by atoms with van der Waals surface area (Å²) in [5, 5.41) is 0. The zero-order valence-electron chi connectivity index (χ0n) is 10.1. The van der Waals surface area contributed by atoms with Crippen LogP contribution in [0.5, 0.6) is 0 Å². The van der Waals surface area contributed by atoms with E-state index in [0.717, 1.165) is 5.69 Å². The van der Waals surface area contributed by atoms with Crippen molar-refractivity contribution in [2.75, 3.05) is 11.2 Å². The lowest BCUT2D eigenvalue weighted by Crippen LogP contribution is -2.35. The number of benzene rings is 1. The van der Waals surface area contributed by atoms with Crippen molar-refractivity contribution in [1.82, 2.24) is 0 Å². The summed E-state index contributed by atoms with van der Waals surface area (Å²) in [6, 6.07) is 9.37. The Morgan fingerprint density at radius 3 is 2.06 bits per heavy atom. The maximum absolute atomic E-state index is 11.9. The van der Waals surface area contributed by atoms with Gasteiger partial charge in [0.2, 0.25) is 0 Å². The van der Waals surface area contributed by atoms with Crippen LogP contribution in [0.3, 0.4) is 0 Å². The molecule has 4 N–H and O–H groups in total. The fraction of sp³-hybridized carbons (Fsp3) is 0.455. The fourth-order valence-electron chi connectivity index (χ4n) is 1.43. The first-order chi connectivity index (χ1) is 7.20. The summed E-state index contributed by atoms with van der Waals surface area (Å²) in [6.45, 7) is 6.72. The molecule has 0 unspecified atom stereocenters. The monoisotopic (exact) mass is 241 g/mol. The highest BCUT2D eigenvalue weighted by atomic mass is 31.2. The number of hydrogen-bond donors (Lipinski definition) is 2. The molecule has 16 heavy (non-hydrogen) atoms. The quantitative estimate of drug-likeness (QED) is 0.798. The van der Waals surface area contributed by atoms with Crippen LogP contribution < -0.4 is 15.7 Å². The summed E-state index contributed by atoms with van der Waals surface area (Å²) in [7, 11) is -3.26. The molecule has 0 amide bonds. The molecule has 4 nitrogen and oxygen atoms in total. The third-order valence-corrected chi connectivity index (χ3v) is 3.18. The van der Waals surface area contributed by atoms with Crippen molar-refractivity contribution in [3.05, 3.63) is 30.3 Å². The molecule has 5 heteroatoms. The standard InChI is InChI=1S/C11H20N3OP/c1-11(2,3)9-14(16(12,13)15)10-7-5-4-6-8-10/h4-8H,9H2,1-3H3,(H4,12,13,15). The molecular weight excluding hydrogens is 221 g/mol. The van der Waals surface area contributed by atoms with Crippen LogP contribution in [0.1, 0.15) is 20.8 Å². The third-order valence-electron chi connectivity index (χ3n) is 2.06. The molecule has 1 aromatic carbocycles. The smallest absolute Gasteiger partial charge is 0.299 e. The van der Waals surface area contributed by atoms with E-state index >= 15 is 0 Å². The van der Waals surface area contributed by atoms with Crippen LogP contribution in [0.25, 0.3) is 0 Å². The summed E-state index contributed by atoms with van der Waals surface area (Å²) in [6.07, 6.45) is 0. The molecule has 0 aliphatic carbocycles. The van der Waals surface area contributed by atoms with Crippen LogP contribution in [-0.2, 0) is 4.57 Å². The molecule has 0 saturated carbocycles. The van der Waals surface area contributed by atoms with Gasteiger partial charge in [-0.3, -0.25) is 20.2 Å². The minimum atomic E-state index is -3.26. The zero-order valence-corrected chi connectivity index (χ0v) is 10.9. The fourth-order valence-corrected chi connectivity index (χ4v) is 2.57. The van der Waals surface area contributed by atoms with E-state index in [1.54, 1.807) is 4.67 Å². The maximum atomic E-state index is 11.9. The van der Waals surface area contributed by atoms with Gasteiger partial charge in [-0.1, -0.05) is 39.0 Å². The minimum absolute atomic E-state index is 0.0236. The van der Waals surface area contributed by atoms with E-state index < -0.39 is 7.59 Å². The van der Waals surface area contributed by atoms with Gasteiger partial charge in [0.25, 0.3) is 0 Å². The Kier molecular flexibility index (Phi) is 3.79. The lowest BCUT2D eigenvalue weighted by molar-refractivity contribution is 0.426. The highest BCUT2D eigenvalue weighted by Crippen LogP contribution is 2.39. The minimum Gasteiger partial charge on any atom is -0.299 e. The third kappa shape index (κ3) is 3.97. The first-order valence-electron chi connectivity index (χ1n) is 5.20. The van der Waals surface area contributed by atoms with Crippen molar-refractivity contribution in [3.8, 4) is 0 Å². The van der Waals surface area contributed by atoms with Gasteiger partial charge in [0.1, 0.15) is 0 Å². The lowest BCUT2D eigenvalue weighted by Gasteiger charge is -2.33. The van der Waals surface area contributed by atoms with Crippen molar-refractivity contribution < 1.29 is 4.57 Å². The maximum Gasteiger partial charge on any atom is 0.300 e. The Morgan fingerprint density at radius 2 is 1.69 bits per heavy atom. The highest BCUT2D eigenvalue weighted by molar-refractivity contribution is 7.60. The molecule has 0 aliphatic rings. The molecule has 0 aliphatic heterocycles. The van der Waals surface area contributed by atoms with E-state index in [1.807, 2.05) is 30.3 Å². The summed E-state index contributed by atoms with van der Waals surface area (Å²) in [5.41, 5.74) is 11.9. The second-order valence-electron chi connectivity index (χ2n) is 5.13. The van der Waals surface area contributed by atoms with Crippen molar-refractivity contribution in [1.29, 1.82) is 0 Å². The average molecular weight is 241 g/mol. The molecule has 0 aromatic heterocycles. The normalized spacial score (nSPS) is 12.6. The largest absolute Gasteiger partial charge is 0.300 e. The van der Waals surface area contributed by atoms with Gasteiger partial charge < -0.3 is 0 Å². The summed E-state index contributed by atoms with van der Waals surface area (Å²) < 4.78 is 13.5.